The molecule has 0 saturated heterocycles. The van der Waals surface area contributed by atoms with Crippen LogP contribution in [0.25, 0.3) is 0 Å². The molecule has 0 saturated carbocycles. The van der Waals surface area contributed by atoms with Gasteiger partial charge in [0.05, 0.1) is 0 Å². The van der Waals surface area contributed by atoms with Gasteiger partial charge in [-0.3, -0.25) is 9.48 Å². The SMILES string of the molecule is CCCN(CCC)C(=O)c1cn(CC)nc1N. The van der Waals surface area contributed by atoms with E-state index in [2.05, 4.69) is 18.9 Å². The van der Waals surface area contributed by atoms with Crippen molar-refractivity contribution in [2.45, 2.75) is 40.2 Å². The van der Waals surface area contributed by atoms with Crippen molar-refractivity contribution in [2.24, 2.45) is 0 Å². The van der Waals surface area contributed by atoms with Crippen LogP contribution in [0.5, 0.6) is 0 Å². The lowest BCUT2D eigenvalue weighted by atomic mass is 10.2. The summed E-state index contributed by atoms with van der Waals surface area (Å²) in [5.74, 6) is 0.319. The normalized spacial score (nSPS) is 10.5. The maximum absolute atomic E-state index is 12.3. The molecule has 1 aromatic heterocycles. The van der Waals surface area contributed by atoms with Gasteiger partial charge >= 0.3 is 0 Å². The molecule has 0 unspecified atom stereocenters. The molecule has 0 spiro atoms. The molecular weight excluding hydrogens is 216 g/mol. The van der Waals surface area contributed by atoms with E-state index in [-0.39, 0.29) is 5.91 Å². The third-order valence-electron chi connectivity index (χ3n) is 2.62. The molecule has 0 aliphatic carbocycles. The van der Waals surface area contributed by atoms with E-state index in [9.17, 15) is 4.79 Å². The summed E-state index contributed by atoms with van der Waals surface area (Å²) in [7, 11) is 0. The van der Waals surface area contributed by atoms with Gasteiger partial charge in [-0.2, -0.15) is 5.10 Å². The van der Waals surface area contributed by atoms with Gasteiger partial charge in [-0.25, -0.2) is 0 Å². The van der Waals surface area contributed by atoms with Crippen LogP contribution in [0.3, 0.4) is 0 Å². The van der Waals surface area contributed by atoms with Crippen molar-refractivity contribution in [1.29, 1.82) is 0 Å². The molecule has 96 valence electrons. The van der Waals surface area contributed by atoms with Crippen LogP contribution in [0.1, 0.15) is 44.0 Å². The Morgan fingerprint density at radius 1 is 1.35 bits per heavy atom. The molecule has 0 aliphatic heterocycles. The molecule has 1 aromatic rings. The van der Waals surface area contributed by atoms with Gasteiger partial charge in [0.1, 0.15) is 5.56 Å². The van der Waals surface area contributed by atoms with Gasteiger partial charge < -0.3 is 10.6 Å². The van der Waals surface area contributed by atoms with E-state index < -0.39 is 0 Å². The minimum atomic E-state index is -0.00843. The number of aryl methyl sites for hydroxylation is 1. The molecule has 0 aromatic carbocycles. The number of hydrogen-bond donors (Lipinski definition) is 1. The summed E-state index contributed by atoms with van der Waals surface area (Å²) >= 11 is 0. The highest BCUT2D eigenvalue weighted by Gasteiger charge is 2.19. The van der Waals surface area contributed by atoms with E-state index in [1.807, 2.05) is 11.8 Å². The van der Waals surface area contributed by atoms with E-state index >= 15 is 0 Å². The number of hydrogen-bond acceptors (Lipinski definition) is 3. The van der Waals surface area contributed by atoms with E-state index in [1.54, 1.807) is 10.9 Å². The Labute approximate surface area is 103 Å². The number of carbonyl (C=O) groups excluding carboxylic acids is 1. The lowest BCUT2D eigenvalue weighted by Gasteiger charge is -2.20. The first-order chi connectivity index (χ1) is 8.13. The molecule has 1 rings (SSSR count). The maximum Gasteiger partial charge on any atom is 0.259 e. The Kier molecular flexibility index (Phi) is 5.00. The number of nitrogens with two attached hydrogens (primary N) is 1. The van der Waals surface area contributed by atoms with Crippen LogP contribution < -0.4 is 5.73 Å². The largest absolute Gasteiger partial charge is 0.382 e. The van der Waals surface area contributed by atoms with Crippen LogP contribution in [0.4, 0.5) is 5.82 Å². The Balaban J connectivity index is 2.87. The van der Waals surface area contributed by atoms with Gasteiger partial charge in [-0.1, -0.05) is 13.8 Å². The fraction of sp³-hybridized carbons (Fsp3) is 0.667. The summed E-state index contributed by atoms with van der Waals surface area (Å²) in [5, 5.41) is 4.10. The number of anilines is 1. The van der Waals surface area contributed by atoms with Crippen LogP contribution in [-0.2, 0) is 6.54 Å². The number of nitrogen functional groups attached to an aromatic ring is 1. The van der Waals surface area contributed by atoms with Crippen molar-refractivity contribution >= 4 is 11.7 Å². The number of rotatable bonds is 6. The zero-order valence-corrected chi connectivity index (χ0v) is 10.9. The van der Waals surface area contributed by atoms with Gasteiger partial charge in [0, 0.05) is 25.8 Å². The van der Waals surface area contributed by atoms with Gasteiger partial charge in [-0.15, -0.1) is 0 Å². The summed E-state index contributed by atoms with van der Waals surface area (Å²) in [6.45, 7) is 8.35. The monoisotopic (exact) mass is 238 g/mol. The van der Waals surface area contributed by atoms with Crippen molar-refractivity contribution < 1.29 is 4.79 Å². The van der Waals surface area contributed by atoms with Crippen LogP contribution in [-0.4, -0.2) is 33.7 Å². The lowest BCUT2D eigenvalue weighted by molar-refractivity contribution is 0.0756. The molecule has 1 heterocycles. The second-order valence-electron chi connectivity index (χ2n) is 4.08. The number of nitrogens with zero attached hydrogens (tertiary/aromatic N) is 3. The molecule has 5 heteroatoms. The van der Waals surface area contributed by atoms with Crippen molar-refractivity contribution in [3.05, 3.63) is 11.8 Å². The Hall–Kier alpha value is -1.52. The summed E-state index contributed by atoms with van der Waals surface area (Å²) in [4.78, 5) is 14.1. The fourth-order valence-electron chi connectivity index (χ4n) is 1.79. The van der Waals surface area contributed by atoms with E-state index in [1.165, 1.54) is 0 Å². The molecule has 17 heavy (non-hydrogen) atoms. The van der Waals surface area contributed by atoms with Gasteiger partial charge in [0.2, 0.25) is 0 Å². The summed E-state index contributed by atoms with van der Waals surface area (Å²) in [6.07, 6.45) is 3.64. The lowest BCUT2D eigenvalue weighted by Crippen LogP contribution is -2.32. The maximum atomic E-state index is 12.3. The van der Waals surface area contributed by atoms with E-state index in [4.69, 9.17) is 5.73 Å². The Morgan fingerprint density at radius 3 is 2.35 bits per heavy atom. The zero-order valence-electron chi connectivity index (χ0n) is 10.9. The minimum Gasteiger partial charge on any atom is -0.382 e. The highest BCUT2D eigenvalue weighted by molar-refractivity contribution is 5.98. The van der Waals surface area contributed by atoms with Crippen molar-refractivity contribution in [2.75, 3.05) is 18.8 Å². The molecule has 0 fully saturated rings. The quantitative estimate of drug-likeness (QED) is 0.821. The highest BCUT2D eigenvalue weighted by atomic mass is 16.2. The molecule has 0 bridgehead atoms. The first-order valence-corrected chi connectivity index (χ1v) is 6.26. The van der Waals surface area contributed by atoms with Crippen LogP contribution in [0.15, 0.2) is 6.20 Å². The van der Waals surface area contributed by atoms with Crippen LogP contribution in [0, 0.1) is 0 Å². The summed E-state index contributed by atoms with van der Waals surface area (Å²) in [5.41, 5.74) is 6.29. The molecule has 5 nitrogen and oxygen atoms in total. The zero-order chi connectivity index (χ0) is 12.8. The number of aromatic nitrogens is 2. The molecule has 0 radical (unpaired) electrons. The average molecular weight is 238 g/mol. The first kappa shape index (κ1) is 13.5. The summed E-state index contributed by atoms with van der Waals surface area (Å²) in [6, 6.07) is 0. The highest BCUT2D eigenvalue weighted by Crippen LogP contribution is 2.13. The van der Waals surface area contributed by atoms with Gasteiger partial charge in [0.25, 0.3) is 5.91 Å². The number of amides is 1. The van der Waals surface area contributed by atoms with E-state index in [0.29, 0.717) is 11.4 Å². The van der Waals surface area contributed by atoms with Crippen molar-refractivity contribution in [3.8, 4) is 0 Å². The first-order valence-electron chi connectivity index (χ1n) is 6.26. The topological polar surface area (TPSA) is 64.2 Å². The predicted molar refractivity (Wildman–Crippen MR) is 68.8 cm³/mol. The Bertz CT molecular complexity index is 367. The van der Waals surface area contributed by atoms with Crippen LogP contribution >= 0.6 is 0 Å². The predicted octanol–water partition coefficient (Wildman–Crippen LogP) is 1.75. The minimum absolute atomic E-state index is 0.00843. The average Bonchev–Trinajstić information content (AvgIpc) is 2.69. The molecular formula is C12H22N4O. The number of carbonyl (C=O) groups is 1. The molecule has 1 amide bonds. The summed E-state index contributed by atoms with van der Waals surface area (Å²) < 4.78 is 1.69. The van der Waals surface area contributed by atoms with E-state index in [0.717, 1.165) is 32.5 Å². The molecule has 0 aliphatic rings. The standard InChI is InChI=1S/C12H22N4O/c1-4-7-15(8-5-2)12(17)10-9-16(6-3)14-11(10)13/h9H,4-8H2,1-3H3,(H2,13,14). The van der Waals surface area contributed by atoms with Crippen LogP contribution in [0.2, 0.25) is 0 Å². The second kappa shape index (κ2) is 6.27. The smallest absolute Gasteiger partial charge is 0.259 e. The second-order valence-corrected chi connectivity index (χ2v) is 4.08. The third-order valence-corrected chi connectivity index (χ3v) is 2.62. The fourth-order valence-corrected chi connectivity index (χ4v) is 1.79. The third kappa shape index (κ3) is 3.22. The molecule has 0 atom stereocenters. The molecule has 2 N–H and O–H groups in total. The van der Waals surface area contributed by atoms with Crippen molar-refractivity contribution in [1.82, 2.24) is 14.7 Å². The van der Waals surface area contributed by atoms with Crippen molar-refractivity contribution in [3.63, 3.8) is 0 Å². The van der Waals surface area contributed by atoms with Gasteiger partial charge in [0.15, 0.2) is 5.82 Å². The van der Waals surface area contributed by atoms with Gasteiger partial charge in [-0.05, 0) is 19.8 Å². The Morgan fingerprint density at radius 2 is 1.94 bits per heavy atom.